The van der Waals surface area contributed by atoms with Gasteiger partial charge in [-0.15, -0.1) is 11.3 Å². The fraction of sp³-hybridized carbons (Fsp3) is 0.412. The van der Waals surface area contributed by atoms with Gasteiger partial charge in [0.2, 0.25) is 5.88 Å². The van der Waals surface area contributed by atoms with Crippen LogP contribution in [0, 0.1) is 5.82 Å². The molecule has 0 spiro atoms. The zero-order valence-corrected chi connectivity index (χ0v) is 16.7. The van der Waals surface area contributed by atoms with Crippen LogP contribution in [0.1, 0.15) is 25.6 Å². The van der Waals surface area contributed by atoms with Gasteiger partial charge in [-0.25, -0.2) is 9.37 Å². The Kier molecular flexibility index (Phi) is 4.35. The smallest absolute Gasteiger partial charge is 0.232 e. The third-order valence-corrected chi connectivity index (χ3v) is 9.16. The predicted molar refractivity (Wildman–Crippen MR) is 105 cm³/mol. The monoisotopic (exact) mass is 396 g/mol. The minimum Gasteiger partial charge on any atom is -0.480 e. The van der Waals surface area contributed by atoms with Crippen LogP contribution in [0.25, 0.3) is 10.6 Å². The lowest BCUT2D eigenvalue weighted by Crippen LogP contribution is -2.54. The van der Waals surface area contributed by atoms with Gasteiger partial charge >= 0.3 is 0 Å². The molecule has 140 valence electrons. The normalized spacial score (nSPS) is 27.8. The molecule has 0 radical (unpaired) electrons. The van der Waals surface area contributed by atoms with E-state index in [0.717, 1.165) is 0 Å². The maximum Gasteiger partial charge on any atom is 0.232 e. The summed E-state index contributed by atoms with van der Waals surface area (Å²) in [4.78, 5) is 13.8. The van der Waals surface area contributed by atoms with Gasteiger partial charge in [0.15, 0.2) is 0 Å². The summed E-state index contributed by atoms with van der Waals surface area (Å²) in [5, 5.41) is 0. The number of amidine groups is 1. The van der Waals surface area contributed by atoms with Crippen LogP contribution in [0.2, 0.25) is 0 Å². The molecule has 9 heteroatoms. The van der Waals surface area contributed by atoms with Crippen molar-refractivity contribution in [3.8, 4) is 16.5 Å². The second-order valence-electron chi connectivity index (χ2n) is 6.97. The first-order valence-corrected chi connectivity index (χ1v) is 10.6. The summed E-state index contributed by atoms with van der Waals surface area (Å²) in [5.74, 6) is 4.12. The third-order valence-electron chi connectivity index (χ3n) is 4.68. The van der Waals surface area contributed by atoms with Crippen LogP contribution in [0.3, 0.4) is 0 Å². The second kappa shape index (κ2) is 6.02. The predicted octanol–water partition coefficient (Wildman–Crippen LogP) is 2.43. The number of aliphatic imine (C=N–C) groups is 1. The summed E-state index contributed by atoms with van der Waals surface area (Å²) in [5.41, 5.74) is 5.53. The molecule has 0 saturated carbocycles. The molecule has 26 heavy (non-hydrogen) atoms. The van der Waals surface area contributed by atoms with Crippen LogP contribution in [-0.4, -0.2) is 43.5 Å². The molecule has 2 N–H and O–H groups in total. The van der Waals surface area contributed by atoms with Gasteiger partial charge in [-0.05, 0) is 42.2 Å². The standard InChI is InChI=1S/C17H21FN4O2S2/c1-16(2)15(19)22-17(3,9-26(16,5)23)14-10(18)6-12(25-14)11-7-20-8-13(21-11)24-4/h6-8H,5,9H2,1-4H3,(H2,19,22)/t17-,26?/m0/s1. The molecule has 1 unspecified atom stereocenters. The molecule has 0 fully saturated rings. The number of halogens is 1. The fourth-order valence-electron chi connectivity index (χ4n) is 2.80. The van der Waals surface area contributed by atoms with Gasteiger partial charge in [0, 0.05) is 5.75 Å². The van der Waals surface area contributed by atoms with Crippen molar-refractivity contribution in [2.75, 3.05) is 12.9 Å². The third kappa shape index (κ3) is 2.88. The molecule has 0 aliphatic carbocycles. The van der Waals surface area contributed by atoms with Crippen molar-refractivity contribution < 1.29 is 13.3 Å². The van der Waals surface area contributed by atoms with Crippen molar-refractivity contribution in [1.29, 1.82) is 0 Å². The zero-order chi connectivity index (χ0) is 19.3. The minimum atomic E-state index is -2.61. The van der Waals surface area contributed by atoms with Gasteiger partial charge in [-0.1, -0.05) is 0 Å². The quantitative estimate of drug-likeness (QED) is 0.805. The molecule has 3 heterocycles. The van der Waals surface area contributed by atoms with Crippen molar-refractivity contribution >= 4 is 32.6 Å². The molecule has 0 amide bonds. The van der Waals surface area contributed by atoms with E-state index in [1.165, 1.54) is 36.9 Å². The first-order chi connectivity index (χ1) is 12.0. The first kappa shape index (κ1) is 18.8. The molecule has 2 aromatic rings. The lowest BCUT2D eigenvalue weighted by molar-refractivity contribution is 0.396. The highest BCUT2D eigenvalue weighted by Crippen LogP contribution is 2.43. The van der Waals surface area contributed by atoms with E-state index in [9.17, 15) is 8.60 Å². The molecule has 1 aliphatic rings. The maximum atomic E-state index is 14.8. The highest BCUT2D eigenvalue weighted by Gasteiger charge is 2.46. The summed E-state index contributed by atoms with van der Waals surface area (Å²) in [6.45, 7) is 5.24. The van der Waals surface area contributed by atoms with Crippen molar-refractivity contribution in [3.63, 3.8) is 0 Å². The van der Waals surface area contributed by atoms with Gasteiger partial charge in [0.25, 0.3) is 0 Å². The van der Waals surface area contributed by atoms with Crippen LogP contribution in [0.5, 0.6) is 5.88 Å². The van der Waals surface area contributed by atoms with Crippen LogP contribution in [0.4, 0.5) is 4.39 Å². The minimum absolute atomic E-state index is 0.119. The van der Waals surface area contributed by atoms with E-state index >= 15 is 0 Å². The zero-order valence-electron chi connectivity index (χ0n) is 15.1. The molecular formula is C17H21FN4O2S2. The number of hydrogen-bond acceptors (Lipinski definition) is 7. The Morgan fingerprint density at radius 3 is 2.69 bits per heavy atom. The Morgan fingerprint density at radius 1 is 1.38 bits per heavy atom. The lowest BCUT2D eigenvalue weighted by Gasteiger charge is -2.40. The van der Waals surface area contributed by atoms with Gasteiger partial charge in [-0.3, -0.25) is 14.2 Å². The van der Waals surface area contributed by atoms with E-state index in [1.54, 1.807) is 20.8 Å². The number of nitrogens with two attached hydrogens (primary N) is 1. The fourth-order valence-corrected chi connectivity index (χ4v) is 5.88. The average Bonchev–Trinajstić information content (AvgIpc) is 2.95. The molecule has 3 rings (SSSR count). The summed E-state index contributed by atoms with van der Waals surface area (Å²) in [7, 11) is -1.13. The van der Waals surface area contributed by atoms with E-state index in [4.69, 9.17) is 10.5 Å². The number of aromatic nitrogens is 2. The summed E-state index contributed by atoms with van der Waals surface area (Å²) < 4.78 is 32.1. The molecule has 2 aromatic heterocycles. The Bertz CT molecular complexity index is 998. The topological polar surface area (TPSA) is 90.5 Å². The SMILES string of the molecule is C=S1(=O)C[C@@](C)(c2sc(-c3cncc(OC)n3)cc2F)N=C(N)C1(C)C. The van der Waals surface area contributed by atoms with Crippen molar-refractivity contribution in [2.24, 2.45) is 10.7 Å². The number of thiophene rings is 1. The highest BCUT2D eigenvalue weighted by atomic mass is 32.2. The lowest BCUT2D eigenvalue weighted by atomic mass is 10.0. The largest absolute Gasteiger partial charge is 0.480 e. The molecule has 2 atom stereocenters. The van der Waals surface area contributed by atoms with Crippen LogP contribution >= 0.6 is 11.3 Å². The summed E-state index contributed by atoms with van der Waals surface area (Å²) in [6.07, 6.45) is 3.01. The van der Waals surface area contributed by atoms with Gasteiger partial charge in [-0.2, -0.15) is 0 Å². The van der Waals surface area contributed by atoms with Crippen LogP contribution in [-0.2, 0) is 15.1 Å². The van der Waals surface area contributed by atoms with Crippen molar-refractivity contribution in [3.05, 3.63) is 29.2 Å². The average molecular weight is 397 g/mol. The van der Waals surface area contributed by atoms with Crippen molar-refractivity contribution in [1.82, 2.24) is 9.97 Å². The van der Waals surface area contributed by atoms with E-state index in [2.05, 4.69) is 20.8 Å². The summed E-state index contributed by atoms with van der Waals surface area (Å²) in [6, 6.07) is 1.38. The van der Waals surface area contributed by atoms with Gasteiger partial charge in [0.1, 0.15) is 22.9 Å². The Labute approximate surface area is 156 Å². The number of ether oxygens (including phenoxy) is 1. The van der Waals surface area contributed by atoms with E-state index in [-0.39, 0.29) is 11.6 Å². The molecule has 6 nitrogen and oxygen atoms in total. The molecule has 0 saturated heterocycles. The number of nitrogens with zero attached hydrogens (tertiary/aromatic N) is 3. The second-order valence-corrected chi connectivity index (χ2v) is 11.0. The molecule has 1 aliphatic heterocycles. The van der Waals surface area contributed by atoms with E-state index in [1.807, 2.05) is 0 Å². The van der Waals surface area contributed by atoms with E-state index < -0.39 is 25.6 Å². The highest BCUT2D eigenvalue weighted by molar-refractivity contribution is 8.02. The van der Waals surface area contributed by atoms with Crippen molar-refractivity contribution in [2.45, 2.75) is 31.1 Å². The number of hydrogen-bond donors (Lipinski definition) is 1. The Hall–Kier alpha value is -2.00. The van der Waals surface area contributed by atoms with Crippen LogP contribution in [0.15, 0.2) is 23.5 Å². The number of rotatable bonds is 3. The molecule has 0 bridgehead atoms. The van der Waals surface area contributed by atoms with Crippen LogP contribution < -0.4 is 10.5 Å². The Balaban J connectivity index is 2.11. The van der Waals surface area contributed by atoms with Gasteiger partial charge < -0.3 is 10.5 Å². The molecular weight excluding hydrogens is 375 g/mol. The molecule has 0 aromatic carbocycles. The number of methoxy groups -OCH3 is 1. The Morgan fingerprint density at radius 2 is 2.08 bits per heavy atom. The maximum absolute atomic E-state index is 14.8. The first-order valence-electron chi connectivity index (χ1n) is 7.87. The summed E-state index contributed by atoms with van der Waals surface area (Å²) >= 11 is 1.19. The van der Waals surface area contributed by atoms with Gasteiger partial charge in [0.05, 0.1) is 34.0 Å². The van der Waals surface area contributed by atoms with E-state index in [0.29, 0.717) is 21.3 Å².